The molecule has 0 bridgehead atoms. The summed E-state index contributed by atoms with van der Waals surface area (Å²) >= 11 is 0. The van der Waals surface area contributed by atoms with Crippen LogP contribution in [0.2, 0.25) is 0 Å². The molecule has 3 aromatic rings. The van der Waals surface area contributed by atoms with Gasteiger partial charge in [0.25, 0.3) is 5.69 Å². The zero-order valence-corrected chi connectivity index (χ0v) is 22.3. The van der Waals surface area contributed by atoms with Crippen LogP contribution in [0.5, 0.6) is 11.5 Å². The van der Waals surface area contributed by atoms with E-state index in [1.807, 2.05) is 68.0 Å². The Morgan fingerprint density at radius 3 is 2.08 bits per heavy atom. The number of aryl methyl sites for hydroxylation is 1. The number of hydrogen-bond acceptors (Lipinski definition) is 9. The predicted octanol–water partition coefficient (Wildman–Crippen LogP) is 5.00. The number of ether oxygens (including phenoxy) is 2. The quantitative estimate of drug-likeness (QED) is 0.198. The molecule has 0 aromatic heterocycles. The van der Waals surface area contributed by atoms with Gasteiger partial charge in [-0.2, -0.15) is 0 Å². The second kappa shape index (κ2) is 13.5. The first kappa shape index (κ1) is 28.5. The van der Waals surface area contributed by atoms with Crippen molar-refractivity contribution in [3.8, 4) is 11.5 Å². The molecule has 3 N–H and O–H groups in total. The molecule has 204 valence electrons. The second-order valence-electron chi connectivity index (χ2n) is 8.58. The van der Waals surface area contributed by atoms with Gasteiger partial charge >= 0.3 is 0 Å². The molecular weight excluding hydrogens is 488 g/mol. The number of nitro groups is 1. The van der Waals surface area contributed by atoms with E-state index < -0.39 is 4.92 Å². The fourth-order valence-corrected chi connectivity index (χ4v) is 4.23. The molecule has 0 spiro atoms. The van der Waals surface area contributed by atoms with Crippen molar-refractivity contribution >= 4 is 34.1 Å². The molecule has 0 heterocycles. The van der Waals surface area contributed by atoms with Gasteiger partial charge in [-0.15, -0.1) is 0 Å². The highest BCUT2D eigenvalue weighted by Crippen LogP contribution is 2.43. The molecule has 0 unspecified atom stereocenters. The molecule has 10 heteroatoms. The number of non-ortho nitro benzene ring substituents is 1. The summed E-state index contributed by atoms with van der Waals surface area (Å²) in [5.41, 5.74) is 5.08. The molecule has 0 aliphatic heterocycles. The summed E-state index contributed by atoms with van der Waals surface area (Å²) in [4.78, 5) is 14.5. The van der Waals surface area contributed by atoms with Gasteiger partial charge in [-0.25, -0.2) is 0 Å². The number of rotatable bonds is 14. The number of benzene rings is 3. The Kier molecular flexibility index (Phi) is 10.1. The lowest BCUT2D eigenvalue weighted by atomic mass is 10.1. The molecular formula is C28H36N4O6. The fourth-order valence-electron chi connectivity index (χ4n) is 4.23. The van der Waals surface area contributed by atoms with Gasteiger partial charge in [-0.3, -0.25) is 10.1 Å². The molecule has 0 aliphatic carbocycles. The van der Waals surface area contributed by atoms with E-state index in [4.69, 9.17) is 9.47 Å². The van der Waals surface area contributed by atoms with E-state index in [1.54, 1.807) is 12.1 Å². The van der Waals surface area contributed by atoms with Crippen LogP contribution in [0.1, 0.15) is 19.4 Å². The molecule has 0 saturated carbocycles. The van der Waals surface area contributed by atoms with Crippen molar-refractivity contribution in [3.05, 3.63) is 70.3 Å². The first-order valence-electron chi connectivity index (χ1n) is 12.6. The van der Waals surface area contributed by atoms with Crippen molar-refractivity contribution in [1.29, 1.82) is 0 Å². The molecule has 3 rings (SSSR count). The monoisotopic (exact) mass is 524 g/mol. The minimum absolute atomic E-state index is 0.00111. The largest absolute Gasteiger partial charge is 0.492 e. The minimum atomic E-state index is -0.432. The van der Waals surface area contributed by atoms with Crippen molar-refractivity contribution in [2.24, 2.45) is 0 Å². The molecule has 0 amide bonds. The summed E-state index contributed by atoms with van der Waals surface area (Å²) in [6, 6.07) is 16.0. The number of hydrogen-bond donors (Lipinski definition) is 3. The number of aliphatic hydroxyl groups is 2. The molecule has 0 aliphatic rings. The normalized spacial score (nSPS) is 10.7. The highest BCUT2D eigenvalue weighted by atomic mass is 16.6. The molecule has 0 fully saturated rings. The Morgan fingerprint density at radius 1 is 0.895 bits per heavy atom. The van der Waals surface area contributed by atoms with E-state index in [0.29, 0.717) is 49.2 Å². The maximum atomic E-state index is 11.0. The van der Waals surface area contributed by atoms with Gasteiger partial charge in [0.15, 0.2) is 0 Å². The zero-order valence-electron chi connectivity index (χ0n) is 22.3. The highest BCUT2D eigenvalue weighted by Gasteiger charge is 2.19. The lowest BCUT2D eigenvalue weighted by molar-refractivity contribution is -0.384. The standard InChI is InChI=1S/C28H36N4O6/c1-5-37-27-19-26(30(4)25-12-11-23(17-20(25)3)31(13-15-33)14-16-34)28(38-6-2)18-24(27)29-21-7-9-22(10-8-21)32(35)36/h7-12,17-19,29,33-34H,5-6,13-16H2,1-4H3. The van der Waals surface area contributed by atoms with Gasteiger partial charge in [0, 0.05) is 61.5 Å². The summed E-state index contributed by atoms with van der Waals surface area (Å²) in [6.07, 6.45) is 0. The Bertz CT molecular complexity index is 1210. The van der Waals surface area contributed by atoms with Gasteiger partial charge in [0.2, 0.25) is 0 Å². The Hall–Kier alpha value is -4.02. The van der Waals surface area contributed by atoms with E-state index in [0.717, 1.165) is 22.6 Å². The second-order valence-corrected chi connectivity index (χ2v) is 8.58. The van der Waals surface area contributed by atoms with Gasteiger partial charge in [-0.05, 0) is 56.7 Å². The van der Waals surface area contributed by atoms with Crippen LogP contribution in [0, 0.1) is 17.0 Å². The van der Waals surface area contributed by atoms with Crippen LogP contribution >= 0.6 is 0 Å². The number of nitrogens with zero attached hydrogens (tertiary/aromatic N) is 3. The minimum Gasteiger partial charge on any atom is -0.492 e. The lowest BCUT2D eigenvalue weighted by Gasteiger charge is -2.28. The number of nitrogens with one attached hydrogen (secondary N) is 1. The van der Waals surface area contributed by atoms with E-state index in [2.05, 4.69) is 5.32 Å². The third-order valence-electron chi connectivity index (χ3n) is 6.03. The molecule has 0 saturated heterocycles. The third kappa shape index (κ3) is 6.84. The summed E-state index contributed by atoms with van der Waals surface area (Å²) in [5, 5.41) is 33.1. The van der Waals surface area contributed by atoms with Gasteiger partial charge in [-0.1, -0.05) is 0 Å². The van der Waals surface area contributed by atoms with Crippen molar-refractivity contribution in [2.45, 2.75) is 20.8 Å². The van der Waals surface area contributed by atoms with Gasteiger partial charge < -0.3 is 34.8 Å². The number of nitro benzene ring substituents is 1. The SMILES string of the molecule is CCOc1cc(N(C)c2ccc(N(CCO)CCO)cc2C)c(OCC)cc1Nc1ccc([N+](=O)[O-])cc1. The first-order chi connectivity index (χ1) is 18.3. The van der Waals surface area contributed by atoms with Crippen LogP contribution in [-0.4, -0.2) is 61.7 Å². The van der Waals surface area contributed by atoms with Crippen LogP contribution in [0.25, 0.3) is 0 Å². The topological polar surface area (TPSA) is 121 Å². The highest BCUT2D eigenvalue weighted by molar-refractivity contribution is 5.80. The summed E-state index contributed by atoms with van der Waals surface area (Å²) in [5.74, 6) is 1.26. The van der Waals surface area contributed by atoms with Crippen molar-refractivity contribution in [1.82, 2.24) is 0 Å². The van der Waals surface area contributed by atoms with Crippen LogP contribution in [-0.2, 0) is 0 Å². The Morgan fingerprint density at radius 2 is 1.53 bits per heavy atom. The maximum Gasteiger partial charge on any atom is 0.269 e. The number of aliphatic hydroxyl groups excluding tert-OH is 2. The van der Waals surface area contributed by atoms with Gasteiger partial charge in [0.1, 0.15) is 11.5 Å². The van der Waals surface area contributed by atoms with Crippen molar-refractivity contribution < 1.29 is 24.6 Å². The van der Waals surface area contributed by atoms with E-state index >= 15 is 0 Å². The Labute approximate surface area is 223 Å². The van der Waals surface area contributed by atoms with Crippen LogP contribution in [0.15, 0.2) is 54.6 Å². The van der Waals surface area contributed by atoms with Crippen LogP contribution in [0.4, 0.5) is 34.1 Å². The zero-order chi connectivity index (χ0) is 27.7. The maximum absolute atomic E-state index is 11.0. The van der Waals surface area contributed by atoms with Crippen molar-refractivity contribution in [3.63, 3.8) is 0 Å². The fraction of sp³-hybridized carbons (Fsp3) is 0.357. The summed E-state index contributed by atoms with van der Waals surface area (Å²) in [7, 11) is 1.96. The average Bonchev–Trinajstić information content (AvgIpc) is 2.90. The van der Waals surface area contributed by atoms with E-state index in [-0.39, 0.29) is 18.9 Å². The predicted molar refractivity (Wildman–Crippen MR) is 151 cm³/mol. The molecule has 38 heavy (non-hydrogen) atoms. The van der Waals surface area contributed by atoms with Crippen molar-refractivity contribution in [2.75, 3.05) is 61.7 Å². The third-order valence-corrected chi connectivity index (χ3v) is 6.03. The molecule has 0 radical (unpaired) electrons. The first-order valence-corrected chi connectivity index (χ1v) is 12.6. The van der Waals surface area contributed by atoms with Crippen LogP contribution < -0.4 is 24.6 Å². The number of anilines is 5. The smallest absolute Gasteiger partial charge is 0.269 e. The molecule has 3 aromatic carbocycles. The van der Waals surface area contributed by atoms with E-state index in [1.165, 1.54) is 12.1 Å². The average molecular weight is 525 g/mol. The summed E-state index contributed by atoms with van der Waals surface area (Å²) < 4.78 is 12.0. The summed E-state index contributed by atoms with van der Waals surface area (Å²) in [6.45, 7) is 7.61. The molecule has 10 nitrogen and oxygen atoms in total. The van der Waals surface area contributed by atoms with Crippen LogP contribution in [0.3, 0.4) is 0 Å². The van der Waals surface area contributed by atoms with Gasteiger partial charge in [0.05, 0.1) is 42.7 Å². The molecule has 0 atom stereocenters. The lowest BCUT2D eigenvalue weighted by Crippen LogP contribution is -2.29. The Balaban J connectivity index is 1.99. The van der Waals surface area contributed by atoms with E-state index in [9.17, 15) is 20.3 Å².